The van der Waals surface area contributed by atoms with Gasteiger partial charge < -0.3 is 17.3 Å². The Kier molecular flexibility index (Phi) is 8.29. The second-order valence-electron chi connectivity index (χ2n) is 7.01. The van der Waals surface area contributed by atoms with E-state index in [2.05, 4.69) is 16.0 Å². The molecule has 1 aromatic heterocycles. The van der Waals surface area contributed by atoms with Gasteiger partial charge in [-0.25, -0.2) is 13.8 Å². The molecule has 3 rings (SSSR count). The minimum absolute atomic E-state index is 0. The maximum atomic E-state index is 14.3. The Morgan fingerprint density at radius 3 is 2.30 bits per heavy atom. The molecule has 0 N–H and O–H groups in total. The first-order valence-corrected chi connectivity index (χ1v) is 10.5. The van der Waals surface area contributed by atoms with Crippen molar-refractivity contribution in [3.63, 3.8) is 0 Å². The van der Waals surface area contributed by atoms with Crippen molar-refractivity contribution in [1.29, 1.82) is 0 Å². The van der Waals surface area contributed by atoms with Crippen LogP contribution in [-0.4, -0.2) is 42.0 Å². The molecular weight excluding hydrogens is 428 g/mol. The lowest BCUT2D eigenvalue weighted by Gasteiger charge is -2.25. The van der Waals surface area contributed by atoms with Crippen molar-refractivity contribution < 1.29 is 26.0 Å². The second kappa shape index (κ2) is 10.3. The van der Waals surface area contributed by atoms with Crippen molar-refractivity contribution in [3.8, 4) is 0 Å². The smallest absolute Gasteiger partial charge is 0.266 e. The van der Waals surface area contributed by atoms with E-state index in [-0.39, 0.29) is 12.4 Å². The number of halogens is 3. The van der Waals surface area contributed by atoms with Gasteiger partial charge in [0.25, 0.3) is 5.91 Å². The van der Waals surface area contributed by atoms with Gasteiger partial charge in [0.2, 0.25) is 0 Å². The fraction of sp³-hybridized carbons (Fsp3) is 0.364. The molecule has 0 saturated carbocycles. The van der Waals surface area contributed by atoms with Crippen molar-refractivity contribution in [2.75, 3.05) is 31.1 Å². The summed E-state index contributed by atoms with van der Waals surface area (Å²) in [7, 11) is 0. The van der Waals surface area contributed by atoms with E-state index >= 15 is 0 Å². The molecule has 30 heavy (non-hydrogen) atoms. The minimum atomic E-state index is -0.865. The Morgan fingerprint density at radius 1 is 1.07 bits per heavy atom. The van der Waals surface area contributed by atoms with Gasteiger partial charge >= 0.3 is 0 Å². The molecular formula is C22H25ClF2N3OS-. The number of benzene rings is 2. The normalized spacial score (nSPS) is 11.0. The lowest BCUT2D eigenvalue weighted by atomic mass is 10.1. The Balaban J connectivity index is 0.00000320. The zero-order valence-electron chi connectivity index (χ0n) is 17.5. The molecule has 0 fully saturated rings. The van der Waals surface area contributed by atoms with Crippen LogP contribution in [0.2, 0.25) is 0 Å². The topological polar surface area (TPSA) is 36.4 Å². The average molecular weight is 453 g/mol. The van der Waals surface area contributed by atoms with E-state index in [4.69, 9.17) is 0 Å². The van der Waals surface area contributed by atoms with Gasteiger partial charge in [-0.3, -0.25) is 9.69 Å². The maximum Gasteiger partial charge on any atom is 0.266 e. The minimum Gasteiger partial charge on any atom is -1.00 e. The summed E-state index contributed by atoms with van der Waals surface area (Å²) in [5, 5.41) is 0.452. The highest BCUT2D eigenvalue weighted by Gasteiger charge is 2.27. The van der Waals surface area contributed by atoms with Gasteiger partial charge in [0.15, 0.2) is 5.13 Å². The van der Waals surface area contributed by atoms with E-state index in [9.17, 15) is 13.6 Å². The first-order valence-electron chi connectivity index (χ1n) is 9.71. The number of fused-ring (bicyclic) bond motifs is 1. The number of hydrogen-bond donors (Lipinski definition) is 0. The molecule has 4 nitrogen and oxygen atoms in total. The third kappa shape index (κ3) is 4.96. The molecule has 0 radical (unpaired) electrons. The molecule has 0 spiro atoms. The van der Waals surface area contributed by atoms with Crippen molar-refractivity contribution in [3.05, 3.63) is 58.7 Å². The summed E-state index contributed by atoms with van der Waals surface area (Å²) in [5.41, 5.74) is 2.39. The summed E-state index contributed by atoms with van der Waals surface area (Å²) < 4.78 is 29.6. The van der Waals surface area contributed by atoms with Gasteiger partial charge in [-0.1, -0.05) is 37.3 Å². The predicted octanol–water partition coefficient (Wildman–Crippen LogP) is 2.18. The zero-order valence-corrected chi connectivity index (χ0v) is 19.1. The first-order chi connectivity index (χ1) is 13.8. The summed E-state index contributed by atoms with van der Waals surface area (Å²) in [5.74, 6) is -2.44. The van der Waals surface area contributed by atoms with E-state index in [1.54, 1.807) is 0 Å². The van der Waals surface area contributed by atoms with Crippen LogP contribution in [0.5, 0.6) is 0 Å². The highest BCUT2D eigenvalue weighted by Crippen LogP contribution is 2.33. The number of carbonyl (C=O) groups is 1. The number of thiazole rings is 1. The van der Waals surface area contributed by atoms with Crippen molar-refractivity contribution in [2.45, 2.75) is 27.7 Å². The van der Waals surface area contributed by atoms with Crippen LogP contribution in [0.3, 0.4) is 0 Å². The number of anilines is 1. The lowest BCUT2D eigenvalue weighted by molar-refractivity contribution is -0.0000155. The van der Waals surface area contributed by atoms with Crippen LogP contribution in [0.15, 0.2) is 30.3 Å². The number of rotatable bonds is 7. The average Bonchev–Trinajstić information content (AvgIpc) is 3.09. The van der Waals surface area contributed by atoms with Crippen LogP contribution in [-0.2, 0) is 0 Å². The van der Waals surface area contributed by atoms with E-state index in [1.165, 1.54) is 22.3 Å². The first kappa shape index (κ1) is 24.2. The zero-order chi connectivity index (χ0) is 21.1. The number of amides is 1. The summed E-state index contributed by atoms with van der Waals surface area (Å²) >= 11 is 1.37. The number of aromatic nitrogens is 1. The van der Waals surface area contributed by atoms with Crippen LogP contribution in [0.4, 0.5) is 13.9 Å². The van der Waals surface area contributed by atoms with Gasteiger partial charge in [-0.2, -0.15) is 0 Å². The van der Waals surface area contributed by atoms with Gasteiger partial charge in [0.05, 0.1) is 10.2 Å². The molecule has 1 heterocycles. The molecule has 162 valence electrons. The summed E-state index contributed by atoms with van der Waals surface area (Å²) in [6.07, 6.45) is 0. The predicted molar refractivity (Wildman–Crippen MR) is 115 cm³/mol. The van der Waals surface area contributed by atoms with Crippen molar-refractivity contribution in [2.24, 2.45) is 0 Å². The lowest BCUT2D eigenvalue weighted by Crippen LogP contribution is -3.00. The molecule has 0 bridgehead atoms. The quantitative estimate of drug-likeness (QED) is 0.551. The van der Waals surface area contributed by atoms with Crippen LogP contribution in [0.25, 0.3) is 10.2 Å². The second-order valence-corrected chi connectivity index (χ2v) is 7.98. The molecule has 0 unspecified atom stereocenters. The third-order valence-corrected chi connectivity index (χ3v) is 6.23. The molecule has 3 aromatic rings. The van der Waals surface area contributed by atoms with E-state index in [0.29, 0.717) is 18.2 Å². The largest absolute Gasteiger partial charge is 1.00 e. The molecule has 1 amide bonds. The maximum absolute atomic E-state index is 14.3. The van der Waals surface area contributed by atoms with Gasteiger partial charge in [0, 0.05) is 13.1 Å². The Hall–Kier alpha value is -2.09. The molecule has 8 heteroatoms. The van der Waals surface area contributed by atoms with Crippen LogP contribution in [0.1, 0.15) is 35.3 Å². The number of aryl methyl sites for hydroxylation is 2. The van der Waals surface area contributed by atoms with Crippen LogP contribution in [0, 0.1) is 25.5 Å². The van der Waals surface area contributed by atoms with Gasteiger partial charge in [-0.05, 0) is 56.3 Å². The monoisotopic (exact) mass is 452 g/mol. The number of hydrogen-bond acceptors (Lipinski definition) is 4. The number of likely N-dealkylation sites (N-methyl/N-ethyl adjacent to an activating group) is 1. The highest BCUT2D eigenvalue weighted by molar-refractivity contribution is 7.22. The van der Waals surface area contributed by atoms with E-state index < -0.39 is 23.1 Å². The van der Waals surface area contributed by atoms with Crippen molar-refractivity contribution in [1.82, 2.24) is 9.88 Å². The Labute approximate surface area is 185 Å². The molecule has 0 aliphatic carbocycles. The summed E-state index contributed by atoms with van der Waals surface area (Å²) in [6, 6.07) is 7.48. The molecule has 0 aliphatic rings. The summed E-state index contributed by atoms with van der Waals surface area (Å²) in [4.78, 5) is 21.4. The molecule has 2 aromatic carbocycles. The standard InChI is InChI=1S/C22H25F2N3OS.ClH/c1-5-26(6-2)10-11-27(21(28)19-16(23)8-7-9-17(19)24)22-25-18-13-14(3)12-15(4)20(18)29-22;/h7-9,12-13H,5-6,10-11H2,1-4H3;1H/p-1. The highest BCUT2D eigenvalue weighted by atomic mass is 35.5. The van der Waals surface area contributed by atoms with Crippen LogP contribution < -0.4 is 17.3 Å². The summed E-state index contributed by atoms with van der Waals surface area (Å²) in [6.45, 7) is 10.6. The van der Waals surface area contributed by atoms with E-state index in [0.717, 1.165) is 46.6 Å². The van der Waals surface area contributed by atoms with E-state index in [1.807, 2.05) is 33.8 Å². The Morgan fingerprint density at radius 2 is 1.70 bits per heavy atom. The molecule has 0 aliphatic heterocycles. The third-order valence-electron chi connectivity index (χ3n) is 5.00. The van der Waals surface area contributed by atoms with Crippen molar-refractivity contribution >= 4 is 32.6 Å². The Bertz CT molecular complexity index is 1020. The molecule has 0 atom stereocenters. The fourth-order valence-electron chi connectivity index (χ4n) is 3.38. The number of carbonyl (C=O) groups excluding carboxylic acids is 1. The SMILES string of the molecule is CCN(CC)CCN(C(=O)c1c(F)cccc1F)c1nc2cc(C)cc(C)c2s1.[Cl-]. The fourth-order valence-corrected chi connectivity index (χ4v) is 4.42. The van der Waals surface area contributed by atoms with Gasteiger partial charge in [-0.15, -0.1) is 0 Å². The van der Waals surface area contributed by atoms with Crippen LogP contribution >= 0.6 is 11.3 Å². The molecule has 0 saturated heterocycles. The van der Waals surface area contributed by atoms with Gasteiger partial charge in [0.1, 0.15) is 17.2 Å². The number of nitrogens with zero attached hydrogens (tertiary/aromatic N) is 3.